The van der Waals surface area contributed by atoms with Crippen molar-refractivity contribution >= 4 is 5.69 Å². The number of piperidine rings is 1. The van der Waals surface area contributed by atoms with E-state index in [-0.39, 0.29) is 12.1 Å². The standard InChI is InChI=1S/C27H32F5N3O2/c1-36-21-6-3-2-5-20(21)34-13-11-33(12-14-34)9-4-10-35-17-7-8-18(35)16-19(15-17)37-27-25(31)23(29)22(28)24(30)26(27)32/h2-3,5-6,17-19H,4,7-16H2,1H3. The van der Waals surface area contributed by atoms with E-state index in [2.05, 4.69) is 20.8 Å². The maximum atomic E-state index is 14.1. The van der Waals surface area contributed by atoms with Gasteiger partial charge in [-0.3, -0.25) is 9.80 Å². The van der Waals surface area contributed by atoms with Crippen molar-refractivity contribution in [2.75, 3.05) is 51.3 Å². The maximum Gasteiger partial charge on any atom is 0.207 e. The molecule has 5 nitrogen and oxygen atoms in total. The topological polar surface area (TPSA) is 28.2 Å². The van der Waals surface area contributed by atoms with Crippen molar-refractivity contribution in [3.8, 4) is 11.5 Å². The molecule has 0 aromatic heterocycles. The van der Waals surface area contributed by atoms with Crippen molar-refractivity contribution < 1.29 is 31.4 Å². The fourth-order valence-electron chi connectivity index (χ4n) is 6.12. The Hall–Kier alpha value is -2.59. The summed E-state index contributed by atoms with van der Waals surface area (Å²) in [7, 11) is 1.69. The lowest BCUT2D eigenvalue weighted by molar-refractivity contribution is 0.0415. The Morgan fingerprint density at radius 1 is 0.784 bits per heavy atom. The third-order valence-electron chi connectivity index (χ3n) is 7.98. The Morgan fingerprint density at radius 3 is 2.00 bits per heavy atom. The molecular weight excluding hydrogens is 493 g/mol. The SMILES string of the molecule is COc1ccccc1N1CCN(CCCN2C3CCC2CC(Oc2c(F)c(F)c(F)c(F)c2F)C3)CC1. The highest BCUT2D eigenvalue weighted by molar-refractivity contribution is 5.58. The number of para-hydroxylation sites is 2. The summed E-state index contributed by atoms with van der Waals surface area (Å²) in [6.45, 7) is 5.72. The van der Waals surface area contributed by atoms with Gasteiger partial charge in [0.15, 0.2) is 5.75 Å². The first kappa shape index (κ1) is 26.0. The van der Waals surface area contributed by atoms with E-state index in [0.717, 1.165) is 70.0 Å². The molecule has 37 heavy (non-hydrogen) atoms. The number of hydrogen-bond donors (Lipinski definition) is 0. The number of piperazine rings is 1. The van der Waals surface area contributed by atoms with Crippen molar-refractivity contribution in [3.63, 3.8) is 0 Å². The second-order valence-corrected chi connectivity index (χ2v) is 10.1. The number of fused-ring (bicyclic) bond motifs is 2. The van der Waals surface area contributed by atoms with Gasteiger partial charge in [0.2, 0.25) is 29.1 Å². The van der Waals surface area contributed by atoms with Crippen LogP contribution in [-0.4, -0.2) is 74.4 Å². The first-order chi connectivity index (χ1) is 17.9. The summed E-state index contributed by atoms with van der Waals surface area (Å²) in [6.07, 6.45) is 3.33. The molecule has 3 fully saturated rings. The van der Waals surface area contributed by atoms with Crippen LogP contribution in [0.5, 0.6) is 11.5 Å². The third kappa shape index (κ3) is 5.23. The van der Waals surface area contributed by atoms with Crippen LogP contribution in [0.2, 0.25) is 0 Å². The van der Waals surface area contributed by atoms with Crippen molar-refractivity contribution in [1.82, 2.24) is 9.80 Å². The first-order valence-electron chi connectivity index (χ1n) is 12.9. The molecule has 0 spiro atoms. The lowest BCUT2D eigenvalue weighted by Gasteiger charge is -2.40. The van der Waals surface area contributed by atoms with E-state index >= 15 is 0 Å². The average Bonchev–Trinajstić information content (AvgIpc) is 3.16. The van der Waals surface area contributed by atoms with Gasteiger partial charge in [-0.05, 0) is 57.3 Å². The second kappa shape index (κ2) is 11.0. The monoisotopic (exact) mass is 525 g/mol. The molecule has 0 radical (unpaired) electrons. The van der Waals surface area contributed by atoms with Crippen LogP contribution in [0.1, 0.15) is 32.1 Å². The predicted octanol–water partition coefficient (Wildman–Crippen LogP) is 4.98. The minimum Gasteiger partial charge on any atom is -0.495 e. The summed E-state index contributed by atoms with van der Waals surface area (Å²) >= 11 is 0. The zero-order valence-electron chi connectivity index (χ0n) is 20.9. The average molecular weight is 526 g/mol. The summed E-state index contributed by atoms with van der Waals surface area (Å²) in [5, 5.41) is 0. The number of methoxy groups -OCH3 is 1. The molecule has 0 amide bonds. The lowest BCUT2D eigenvalue weighted by atomic mass is 9.99. The highest BCUT2D eigenvalue weighted by Crippen LogP contribution is 2.39. The van der Waals surface area contributed by atoms with Crippen molar-refractivity contribution in [2.45, 2.75) is 50.3 Å². The largest absolute Gasteiger partial charge is 0.495 e. The van der Waals surface area contributed by atoms with Crippen molar-refractivity contribution in [1.29, 1.82) is 0 Å². The molecule has 2 unspecified atom stereocenters. The van der Waals surface area contributed by atoms with Crippen LogP contribution in [0.15, 0.2) is 24.3 Å². The molecule has 2 aromatic rings. The quantitative estimate of drug-likeness (QED) is 0.276. The number of halogens is 5. The van der Waals surface area contributed by atoms with Crippen LogP contribution >= 0.6 is 0 Å². The summed E-state index contributed by atoms with van der Waals surface area (Å²) < 4.78 is 79.5. The van der Waals surface area contributed by atoms with E-state index in [0.29, 0.717) is 12.8 Å². The molecule has 2 aromatic carbocycles. The molecule has 3 aliphatic rings. The summed E-state index contributed by atoms with van der Waals surface area (Å²) in [5.41, 5.74) is 1.12. The first-order valence-corrected chi connectivity index (χ1v) is 12.9. The third-order valence-corrected chi connectivity index (χ3v) is 7.98. The van der Waals surface area contributed by atoms with E-state index in [1.807, 2.05) is 18.2 Å². The molecule has 0 aliphatic carbocycles. The molecule has 2 atom stereocenters. The van der Waals surface area contributed by atoms with Gasteiger partial charge in [0, 0.05) is 38.3 Å². The smallest absolute Gasteiger partial charge is 0.207 e. The van der Waals surface area contributed by atoms with Gasteiger partial charge in [-0.25, -0.2) is 13.2 Å². The number of benzene rings is 2. The van der Waals surface area contributed by atoms with Gasteiger partial charge in [-0.15, -0.1) is 0 Å². The Bertz CT molecular complexity index is 1070. The van der Waals surface area contributed by atoms with Gasteiger partial charge < -0.3 is 14.4 Å². The number of nitrogens with zero attached hydrogens (tertiary/aromatic N) is 3. The Labute approximate surface area is 213 Å². The van der Waals surface area contributed by atoms with Crippen molar-refractivity contribution in [2.24, 2.45) is 0 Å². The van der Waals surface area contributed by atoms with Crippen LogP contribution in [0.25, 0.3) is 0 Å². The van der Waals surface area contributed by atoms with E-state index < -0.39 is 40.9 Å². The number of ether oxygens (including phenoxy) is 2. The zero-order chi connectivity index (χ0) is 26.1. The minimum absolute atomic E-state index is 0.187. The Balaban J connectivity index is 1.10. The molecule has 0 N–H and O–H groups in total. The number of hydrogen-bond acceptors (Lipinski definition) is 5. The number of anilines is 1. The van der Waals surface area contributed by atoms with Gasteiger partial charge in [-0.1, -0.05) is 12.1 Å². The van der Waals surface area contributed by atoms with Crippen LogP contribution in [0.3, 0.4) is 0 Å². The summed E-state index contributed by atoms with van der Waals surface area (Å²) in [4.78, 5) is 7.25. The molecule has 3 saturated heterocycles. The molecule has 3 heterocycles. The Morgan fingerprint density at radius 2 is 1.38 bits per heavy atom. The van der Waals surface area contributed by atoms with Gasteiger partial charge in [0.05, 0.1) is 12.8 Å². The van der Waals surface area contributed by atoms with E-state index in [1.54, 1.807) is 7.11 Å². The summed E-state index contributed by atoms with van der Waals surface area (Å²) in [6, 6.07) is 8.44. The van der Waals surface area contributed by atoms with Gasteiger partial charge in [0.1, 0.15) is 11.9 Å². The fraction of sp³-hybridized carbons (Fsp3) is 0.556. The molecule has 10 heteroatoms. The predicted molar refractivity (Wildman–Crippen MR) is 130 cm³/mol. The van der Waals surface area contributed by atoms with Gasteiger partial charge in [-0.2, -0.15) is 8.78 Å². The van der Waals surface area contributed by atoms with Crippen LogP contribution in [0, 0.1) is 29.1 Å². The summed E-state index contributed by atoms with van der Waals surface area (Å²) in [5.74, 6) is -10.2. The van der Waals surface area contributed by atoms with E-state index in [9.17, 15) is 22.0 Å². The van der Waals surface area contributed by atoms with Gasteiger partial charge >= 0.3 is 0 Å². The van der Waals surface area contributed by atoms with Crippen molar-refractivity contribution in [3.05, 3.63) is 53.4 Å². The van der Waals surface area contributed by atoms with Crippen LogP contribution in [0.4, 0.5) is 27.6 Å². The van der Waals surface area contributed by atoms with E-state index in [4.69, 9.17) is 9.47 Å². The lowest BCUT2D eigenvalue weighted by Crippen LogP contribution is -2.49. The minimum atomic E-state index is -2.17. The zero-order valence-corrected chi connectivity index (χ0v) is 20.9. The highest BCUT2D eigenvalue weighted by atomic mass is 19.2. The normalized spacial score (nSPS) is 24.5. The Kier molecular flexibility index (Phi) is 7.76. The maximum absolute atomic E-state index is 14.1. The molecule has 5 rings (SSSR count). The molecule has 3 aliphatic heterocycles. The second-order valence-electron chi connectivity index (χ2n) is 10.1. The fourth-order valence-corrected chi connectivity index (χ4v) is 6.12. The van der Waals surface area contributed by atoms with Gasteiger partial charge in [0.25, 0.3) is 0 Å². The van der Waals surface area contributed by atoms with Crippen LogP contribution < -0.4 is 14.4 Å². The number of rotatable bonds is 8. The molecule has 2 bridgehead atoms. The van der Waals surface area contributed by atoms with E-state index in [1.165, 1.54) is 0 Å². The molecular formula is C27H32F5N3O2. The van der Waals surface area contributed by atoms with Crippen LogP contribution in [-0.2, 0) is 0 Å². The molecule has 202 valence electrons. The highest BCUT2D eigenvalue weighted by Gasteiger charge is 2.42. The molecule has 0 saturated carbocycles.